The molecule has 174 valence electrons. The molecule has 0 aromatic carbocycles. The van der Waals surface area contributed by atoms with Crippen LogP contribution in [-0.2, 0) is 19.2 Å². The minimum atomic E-state index is -1.12. The number of amides is 3. The Balaban J connectivity index is 4.80. The Morgan fingerprint density at radius 2 is 1.43 bits per heavy atom. The Morgan fingerprint density at radius 3 is 1.93 bits per heavy atom. The molecule has 8 N–H and O–H groups in total. The zero-order chi connectivity index (χ0) is 23.3. The molecular weight excluding hydrogens is 390 g/mol. The van der Waals surface area contributed by atoms with Crippen molar-refractivity contribution in [1.82, 2.24) is 16.0 Å². The van der Waals surface area contributed by atoms with E-state index in [-0.39, 0.29) is 24.8 Å². The molecule has 0 aliphatic rings. The van der Waals surface area contributed by atoms with Crippen LogP contribution in [-0.4, -0.2) is 60.0 Å². The smallest absolute Gasteiger partial charge is 0.326 e. The Hall–Kier alpha value is -2.20. The number of hydrogen-bond acceptors (Lipinski definition) is 6. The van der Waals surface area contributed by atoms with Crippen molar-refractivity contribution in [3.63, 3.8) is 0 Å². The largest absolute Gasteiger partial charge is 0.480 e. The quantitative estimate of drug-likeness (QED) is 0.194. The fourth-order valence-corrected chi connectivity index (χ4v) is 2.85. The second-order valence-electron chi connectivity index (χ2n) is 8.39. The first-order chi connectivity index (χ1) is 14.0. The van der Waals surface area contributed by atoms with Gasteiger partial charge in [0.15, 0.2) is 0 Å². The number of carbonyl (C=O) groups is 4. The van der Waals surface area contributed by atoms with Gasteiger partial charge in [0, 0.05) is 0 Å². The molecule has 10 heteroatoms. The van der Waals surface area contributed by atoms with Gasteiger partial charge in [0.2, 0.25) is 17.7 Å². The van der Waals surface area contributed by atoms with Crippen LogP contribution in [0.4, 0.5) is 0 Å². The number of nitrogens with two attached hydrogens (primary N) is 2. The summed E-state index contributed by atoms with van der Waals surface area (Å²) in [4.78, 5) is 48.2. The molecule has 0 saturated carbocycles. The van der Waals surface area contributed by atoms with Crippen molar-refractivity contribution in [2.45, 2.75) is 77.9 Å². The van der Waals surface area contributed by atoms with Gasteiger partial charge in [0.1, 0.15) is 12.1 Å². The predicted molar refractivity (Wildman–Crippen MR) is 114 cm³/mol. The van der Waals surface area contributed by atoms with Gasteiger partial charge in [-0.3, -0.25) is 14.4 Å². The molecule has 3 atom stereocenters. The van der Waals surface area contributed by atoms with E-state index >= 15 is 0 Å². The number of hydrogen-bond donors (Lipinski definition) is 6. The van der Waals surface area contributed by atoms with Gasteiger partial charge < -0.3 is 32.5 Å². The maximum absolute atomic E-state index is 12.6. The molecule has 0 fully saturated rings. The van der Waals surface area contributed by atoms with E-state index in [1.54, 1.807) is 0 Å². The van der Waals surface area contributed by atoms with Crippen LogP contribution in [0.1, 0.15) is 59.8 Å². The highest BCUT2D eigenvalue weighted by Crippen LogP contribution is 2.09. The van der Waals surface area contributed by atoms with Gasteiger partial charge in [-0.25, -0.2) is 4.79 Å². The molecule has 0 heterocycles. The lowest BCUT2D eigenvalue weighted by atomic mass is 10.0. The van der Waals surface area contributed by atoms with Crippen molar-refractivity contribution in [3.8, 4) is 0 Å². The highest BCUT2D eigenvalue weighted by atomic mass is 16.4. The number of carbonyl (C=O) groups excluding carboxylic acids is 3. The van der Waals surface area contributed by atoms with Gasteiger partial charge in [-0.05, 0) is 44.1 Å². The molecule has 0 spiro atoms. The Labute approximate surface area is 178 Å². The Morgan fingerprint density at radius 1 is 0.867 bits per heavy atom. The first kappa shape index (κ1) is 27.8. The Bertz CT molecular complexity index is 568. The molecule has 0 rings (SSSR count). The molecule has 0 radical (unpaired) electrons. The van der Waals surface area contributed by atoms with Crippen molar-refractivity contribution in [2.75, 3.05) is 13.1 Å². The summed E-state index contributed by atoms with van der Waals surface area (Å²) in [7, 11) is 0. The predicted octanol–water partition coefficient (Wildman–Crippen LogP) is -0.295. The van der Waals surface area contributed by atoms with E-state index in [0.29, 0.717) is 19.4 Å². The minimum Gasteiger partial charge on any atom is -0.480 e. The van der Waals surface area contributed by atoms with Gasteiger partial charge >= 0.3 is 5.97 Å². The van der Waals surface area contributed by atoms with E-state index in [0.717, 1.165) is 12.8 Å². The van der Waals surface area contributed by atoms with Crippen LogP contribution in [0.15, 0.2) is 0 Å². The summed E-state index contributed by atoms with van der Waals surface area (Å²) >= 11 is 0. The molecule has 10 nitrogen and oxygen atoms in total. The number of nitrogens with one attached hydrogen (secondary N) is 3. The van der Waals surface area contributed by atoms with Crippen molar-refractivity contribution in [2.24, 2.45) is 23.3 Å². The number of carboxylic acid groups (broad SMARTS) is 1. The summed E-state index contributed by atoms with van der Waals surface area (Å²) in [5.41, 5.74) is 11.2. The fraction of sp³-hybridized carbons (Fsp3) is 0.800. The fourth-order valence-electron chi connectivity index (χ4n) is 2.85. The average Bonchev–Trinajstić information content (AvgIpc) is 2.64. The van der Waals surface area contributed by atoms with E-state index in [9.17, 15) is 24.3 Å². The monoisotopic (exact) mass is 429 g/mol. The minimum absolute atomic E-state index is 0.0776. The Kier molecular flexibility index (Phi) is 13.7. The van der Waals surface area contributed by atoms with Gasteiger partial charge in [-0.15, -0.1) is 0 Å². The van der Waals surface area contributed by atoms with E-state index in [1.807, 2.05) is 27.7 Å². The van der Waals surface area contributed by atoms with Gasteiger partial charge in [0.05, 0.1) is 12.6 Å². The van der Waals surface area contributed by atoms with Crippen LogP contribution >= 0.6 is 0 Å². The molecule has 30 heavy (non-hydrogen) atoms. The van der Waals surface area contributed by atoms with Crippen LogP contribution in [0.5, 0.6) is 0 Å². The standard InChI is InChI=1S/C20H39N5O5/c1-12(2)9-15(19(28)25-16(20(29)30)10-13(3)4)24-17(26)11-23-18(27)14(22)7-5-6-8-21/h12-16H,5-11,21-22H2,1-4H3,(H,23,27)(H,24,26)(H,25,28)(H,29,30). The number of unbranched alkanes of at least 4 members (excludes halogenated alkanes) is 1. The zero-order valence-corrected chi connectivity index (χ0v) is 18.6. The average molecular weight is 430 g/mol. The highest BCUT2D eigenvalue weighted by Gasteiger charge is 2.27. The highest BCUT2D eigenvalue weighted by molar-refractivity contribution is 5.92. The number of rotatable bonds is 15. The van der Waals surface area contributed by atoms with Gasteiger partial charge in [0.25, 0.3) is 0 Å². The normalized spacial score (nSPS) is 14.1. The SMILES string of the molecule is CC(C)CC(NC(=O)C(CC(C)C)NC(=O)CNC(=O)C(N)CCCCN)C(=O)O. The lowest BCUT2D eigenvalue weighted by molar-refractivity contribution is -0.142. The lowest BCUT2D eigenvalue weighted by Crippen LogP contribution is -2.54. The summed E-state index contributed by atoms with van der Waals surface area (Å²) in [6.07, 6.45) is 2.56. The summed E-state index contributed by atoms with van der Waals surface area (Å²) in [6.45, 7) is 7.70. The van der Waals surface area contributed by atoms with Crippen molar-refractivity contribution >= 4 is 23.7 Å². The van der Waals surface area contributed by atoms with Crippen LogP contribution in [0.25, 0.3) is 0 Å². The maximum atomic E-state index is 12.6. The zero-order valence-electron chi connectivity index (χ0n) is 18.6. The van der Waals surface area contributed by atoms with Crippen LogP contribution in [0.2, 0.25) is 0 Å². The summed E-state index contributed by atoms with van der Waals surface area (Å²) in [5.74, 6) is -2.52. The summed E-state index contributed by atoms with van der Waals surface area (Å²) in [5, 5.41) is 16.9. The van der Waals surface area contributed by atoms with Gasteiger partial charge in [-0.2, -0.15) is 0 Å². The molecule has 0 aliphatic heterocycles. The molecule has 3 amide bonds. The van der Waals surface area contributed by atoms with Crippen LogP contribution < -0.4 is 27.4 Å². The van der Waals surface area contributed by atoms with Crippen molar-refractivity contribution < 1.29 is 24.3 Å². The first-order valence-electron chi connectivity index (χ1n) is 10.5. The van der Waals surface area contributed by atoms with Crippen molar-refractivity contribution in [1.29, 1.82) is 0 Å². The second kappa shape index (κ2) is 14.7. The third-order valence-electron chi connectivity index (χ3n) is 4.41. The molecule has 0 bridgehead atoms. The molecule has 0 aromatic rings. The van der Waals surface area contributed by atoms with Crippen LogP contribution in [0.3, 0.4) is 0 Å². The summed E-state index contributed by atoms with van der Waals surface area (Å²) < 4.78 is 0. The topological polar surface area (TPSA) is 177 Å². The van der Waals surface area contributed by atoms with E-state index < -0.39 is 41.8 Å². The third-order valence-corrected chi connectivity index (χ3v) is 4.41. The first-order valence-corrected chi connectivity index (χ1v) is 10.5. The van der Waals surface area contributed by atoms with E-state index in [2.05, 4.69) is 16.0 Å². The van der Waals surface area contributed by atoms with Gasteiger partial charge in [-0.1, -0.05) is 34.1 Å². The molecule has 3 unspecified atom stereocenters. The molecule has 0 saturated heterocycles. The number of carboxylic acids is 1. The molecule has 0 aromatic heterocycles. The van der Waals surface area contributed by atoms with Crippen LogP contribution in [0, 0.1) is 11.8 Å². The third kappa shape index (κ3) is 12.4. The lowest BCUT2D eigenvalue weighted by Gasteiger charge is -2.23. The number of aliphatic carboxylic acids is 1. The molecule has 0 aliphatic carbocycles. The van der Waals surface area contributed by atoms with Crippen molar-refractivity contribution in [3.05, 3.63) is 0 Å². The second-order valence-corrected chi connectivity index (χ2v) is 8.39. The van der Waals surface area contributed by atoms with E-state index in [4.69, 9.17) is 11.5 Å². The summed E-state index contributed by atoms with van der Waals surface area (Å²) in [6, 6.07) is -2.66. The maximum Gasteiger partial charge on any atom is 0.326 e. The molecular formula is C20H39N5O5. The van der Waals surface area contributed by atoms with E-state index in [1.165, 1.54) is 0 Å².